The molecule has 3 aromatic heterocycles. The summed E-state index contributed by atoms with van der Waals surface area (Å²) in [6.07, 6.45) is 2.69. The van der Waals surface area contributed by atoms with Crippen LogP contribution in [0.3, 0.4) is 0 Å². The highest BCUT2D eigenvalue weighted by Crippen LogP contribution is 2.30. The van der Waals surface area contributed by atoms with E-state index < -0.39 is 0 Å². The number of aryl methyl sites for hydroxylation is 1. The minimum absolute atomic E-state index is 0. The van der Waals surface area contributed by atoms with Crippen LogP contribution >= 0.6 is 13.5 Å². The summed E-state index contributed by atoms with van der Waals surface area (Å²) >= 11 is 0. The number of aromatic amines is 2. The first-order valence-electron chi connectivity index (χ1n) is 9.73. The van der Waals surface area contributed by atoms with Crippen molar-refractivity contribution in [1.29, 1.82) is 0 Å². The topological polar surface area (TPSA) is 105 Å². The molecule has 0 bridgehead atoms. The fourth-order valence-electron chi connectivity index (χ4n) is 3.96. The molecule has 1 aliphatic heterocycles. The fourth-order valence-corrected chi connectivity index (χ4v) is 3.96. The number of nitrogens with zero attached hydrogens (tertiary/aromatic N) is 2. The molecule has 8 heteroatoms. The lowest BCUT2D eigenvalue weighted by molar-refractivity contribution is 0.110. The van der Waals surface area contributed by atoms with Gasteiger partial charge in [0.1, 0.15) is 11.6 Å². The predicted octanol–water partition coefficient (Wildman–Crippen LogP) is 3.38. The number of benzene rings is 1. The van der Waals surface area contributed by atoms with E-state index in [4.69, 9.17) is 10.5 Å². The lowest BCUT2D eigenvalue weighted by Gasteiger charge is -2.10. The van der Waals surface area contributed by atoms with Gasteiger partial charge in [-0.15, -0.1) is 0 Å². The van der Waals surface area contributed by atoms with Crippen molar-refractivity contribution in [2.75, 3.05) is 18.9 Å². The molecule has 1 unspecified atom stereocenters. The van der Waals surface area contributed by atoms with E-state index in [1.165, 1.54) is 17.4 Å². The number of nitrogen functional groups attached to an aromatic ring is 1. The number of H-pyrrole nitrogens is 2. The van der Waals surface area contributed by atoms with Gasteiger partial charge in [0.25, 0.3) is 0 Å². The number of aromatic nitrogens is 4. The largest absolute Gasteiger partial charge is 0.384 e. The van der Waals surface area contributed by atoms with Gasteiger partial charge in [-0.2, -0.15) is 13.5 Å². The Morgan fingerprint density at radius 1 is 1.21 bits per heavy atom. The molecule has 0 amide bonds. The van der Waals surface area contributed by atoms with E-state index in [2.05, 4.69) is 49.5 Å². The Morgan fingerprint density at radius 2 is 2.10 bits per heavy atom. The van der Waals surface area contributed by atoms with Crippen LogP contribution in [0, 0.1) is 6.92 Å². The van der Waals surface area contributed by atoms with Crippen LogP contribution in [-0.2, 0) is 11.3 Å². The molecular weight excluding hydrogens is 384 g/mol. The molecule has 7 nitrogen and oxygen atoms in total. The Kier molecular flexibility index (Phi) is 5.49. The maximum atomic E-state index is 6.00. The summed E-state index contributed by atoms with van der Waals surface area (Å²) in [5.74, 6) is 1.29. The second-order valence-electron chi connectivity index (χ2n) is 7.49. The van der Waals surface area contributed by atoms with Gasteiger partial charge in [0, 0.05) is 41.9 Å². The number of hydrogen-bond donors (Lipinski definition) is 4. The first-order chi connectivity index (χ1) is 13.7. The van der Waals surface area contributed by atoms with Crippen LogP contribution in [0.1, 0.15) is 24.2 Å². The molecule has 152 valence electrons. The molecule has 5 N–H and O–H groups in total. The van der Waals surface area contributed by atoms with Crippen molar-refractivity contribution in [2.24, 2.45) is 0 Å². The minimum Gasteiger partial charge on any atom is -0.384 e. The van der Waals surface area contributed by atoms with Crippen molar-refractivity contribution in [3.05, 3.63) is 41.7 Å². The van der Waals surface area contributed by atoms with Crippen LogP contribution in [-0.4, -0.2) is 39.2 Å². The van der Waals surface area contributed by atoms with E-state index in [0.717, 1.165) is 54.2 Å². The van der Waals surface area contributed by atoms with Crippen molar-refractivity contribution in [3.63, 3.8) is 0 Å². The molecule has 1 atom stereocenters. The fraction of sp³-hybridized carbons (Fsp3) is 0.333. The molecule has 5 rings (SSSR count). The Bertz CT molecular complexity index is 1140. The van der Waals surface area contributed by atoms with Crippen molar-refractivity contribution in [2.45, 2.75) is 32.4 Å². The molecule has 0 saturated carbocycles. The molecule has 1 aromatic carbocycles. The number of pyridine rings is 1. The van der Waals surface area contributed by atoms with Gasteiger partial charge >= 0.3 is 0 Å². The summed E-state index contributed by atoms with van der Waals surface area (Å²) in [5, 5.41) is 4.68. The predicted molar refractivity (Wildman–Crippen MR) is 121 cm³/mol. The highest BCUT2D eigenvalue weighted by atomic mass is 32.1. The van der Waals surface area contributed by atoms with Gasteiger partial charge in [-0.25, -0.2) is 9.97 Å². The number of hydrogen-bond acceptors (Lipinski definition) is 5. The summed E-state index contributed by atoms with van der Waals surface area (Å²) in [6.45, 7) is 4.56. The van der Waals surface area contributed by atoms with E-state index in [0.29, 0.717) is 17.6 Å². The van der Waals surface area contributed by atoms with Crippen LogP contribution in [0.5, 0.6) is 0 Å². The molecular formula is C21H26N6OS. The summed E-state index contributed by atoms with van der Waals surface area (Å²) in [6, 6.07) is 10.5. The monoisotopic (exact) mass is 410 g/mol. The van der Waals surface area contributed by atoms with E-state index >= 15 is 0 Å². The molecule has 0 spiro atoms. The zero-order chi connectivity index (χ0) is 19.1. The summed E-state index contributed by atoms with van der Waals surface area (Å²) < 4.78 is 5.67. The standard InChI is InChI=1S/C21H24N6O.H2S/c1-12-24-20-16(9-19(22)27-21(20)25-12)18-8-14-7-13(4-5-17(14)26-18)10-23-11-15-3-2-6-28-15;/h4-5,7-9,15,23,26H,2-3,6,10-11H2,1H3,(H3,22,24,25,27);1H2. The average molecular weight is 411 g/mol. The molecule has 29 heavy (non-hydrogen) atoms. The summed E-state index contributed by atoms with van der Waals surface area (Å²) in [4.78, 5) is 15.5. The Morgan fingerprint density at radius 3 is 2.93 bits per heavy atom. The third-order valence-corrected chi connectivity index (χ3v) is 5.30. The van der Waals surface area contributed by atoms with Gasteiger partial charge in [-0.05, 0) is 49.6 Å². The van der Waals surface area contributed by atoms with Crippen LogP contribution < -0.4 is 11.1 Å². The number of anilines is 1. The molecule has 4 heterocycles. The van der Waals surface area contributed by atoms with E-state index in [1.807, 2.05) is 13.0 Å². The quantitative estimate of drug-likeness (QED) is 0.404. The van der Waals surface area contributed by atoms with Crippen LogP contribution in [0.15, 0.2) is 30.3 Å². The van der Waals surface area contributed by atoms with Crippen molar-refractivity contribution in [1.82, 2.24) is 25.3 Å². The van der Waals surface area contributed by atoms with E-state index in [1.54, 1.807) is 0 Å². The highest BCUT2D eigenvalue weighted by molar-refractivity contribution is 7.59. The van der Waals surface area contributed by atoms with Gasteiger partial charge in [0.2, 0.25) is 0 Å². The van der Waals surface area contributed by atoms with E-state index in [9.17, 15) is 0 Å². The first kappa shape index (κ1) is 19.8. The maximum absolute atomic E-state index is 6.00. The zero-order valence-corrected chi connectivity index (χ0v) is 17.4. The highest BCUT2D eigenvalue weighted by Gasteiger charge is 2.15. The zero-order valence-electron chi connectivity index (χ0n) is 16.4. The molecule has 1 aliphatic rings. The molecule has 1 saturated heterocycles. The number of ether oxygens (including phenoxy) is 1. The molecule has 0 aliphatic carbocycles. The second-order valence-corrected chi connectivity index (χ2v) is 7.49. The number of nitrogens with two attached hydrogens (primary N) is 1. The van der Waals surface area contributed by atoms with Gasteiger partial charge in [0.15, 0.2) is 5.65 Å². The van der Waals surface area contributed by atoms with Crippen molar-refractivity contribution >= 4 is 41.4 Å². The number of nitrogens with one attached hydrogen (secondary N) is 3. The lowest BCUT2D eigenvalue weighted by atomic mass is 10.1. The average Bonchev–Trinajstić information content (AvgIpc) is 3.39. The first-order valence-corrected chi connectivity index (χ1v) is 9.73. The molecule has 1 fully saturated rings. The van der Waals surface area contributed by atoms with Crippen molar-refractivity contribution < 1.29 is 4.74 Å². The van der Waals surface area contributed by atoms with E-state index in [-0.39, 0.29) is 13.5 Å². The SMILES string of the molecule is Cc1nc2nc(N)cc(-c3cc4cc(CNCC5CCCO5)ccc4[nH]3)c2[nH]1.S. The van der Waals surface area contributed by atoms with Gasteiger partial charge in [0.05, 0.1) is 11.6 Å². The van der Waals surface area contributed by atoms with Gasteiger partial charge in [-0.1, -0.05) is 6.07 Å². The number of imidazole rings is 1. The number of fused-ring (bicyclic) bond motifs is 2. The lowest BCUT2D eigenvalue weighted by Crippen LogP contribution is -2.25. The van der Waals surface area contributed by atoms with Crippen LogP contribution in [0.25, 0.3) is 33.3 Å². The smallest absolute Gasteiger partial charge is 0.180 e. The minimum atomic E-state index is 0. The summed E-state index contributed by atoms with van der Waals surface area (Å²) in [7, 11) is 0. The normalized spacial score (nSPS) is 16.5. The Hall–Kier alpha value is -2.55. The molecule has 4 aromatic rings. The molecule has 0 radical (unpaired) electrons. The third kappa shape index (κ3) is 3.96. The van der Waals surface area contributed by atoms with Gasteiger partial charge in [-0.3, -0.25) is 0 Å². The van der Waals surface area contributed by atoms with Gasteiger partial charge < -0.3 is 25.8 Å². The van der Waals surface area contributed by atoms with Crippen LogP contribution in [0.2, 0.25) is 0 Å². The van der Waals surface area contributed by atoms with Crippen molar-refractivity contribution in [3.8, 4) is 11.3 Å². The maximum Gasteiger partial charge on any atom is 0.180 e. The number of rotatable bonds is 5. The third-order valence-electron chi connectivity index (χ3n) is 5.30. The summed E-state index contributed by atoms with van der Waals surface area (Å²) in [5.41, 5.74) is 11.9. The Balaban J connectivity index is 0.00000205. The second kappa shape index (κ2) is 8.06. The van der Waals surface area contributed by atoms with Crippen LogP contribution in [0.4, 0.5) is 5.82 Å². The Labute approximate surface area is 175 Å².